The van der Waals surface area contributed by atoms with Crippen molar-refractivity contribution in [2.24, 2.45) is 0 Å². The molecule has 2 amide bonds. The van der Waals surface area contributed by atoms with Gasteiger partial charge in [0.15, 0.2) is 0 Å². The molecule has 2 fully saturated rings. The maximum Gasteiger partial charge on any atom is 0.322 e. The lowest BCUT2D eigenvalue weighted by molar-refractivity contribution is 0.00202. The van der Waals surface area contributed by atoms with Gasteiger partial charge in [0.25, 0.3) is 0 Å². The standard InChI is InChI=1S/C26H27N3O3/c1-31-21-12-10-20(11-13-21)28-26(30)29-23-15-27-16-24(29)25(23)18-8-6-17(7-9-18)19-4-3-5-22(14-19)32-2/h3-14,23-25,27H,15-16H2,1-2H3,(H,28,30)/t23-,24+,25?. The summed E-state index contributed by atoms with van der Waals surface area (Å²) in [6.45, 7) is 1.60. The molecule has 3 atom stereocenters. The van der Waals surface area contributed by atoms with Crippen molar-refractivity contribution in [3.8, 4) is 22.6 Å². The molecular weight excluding hydrogens is 402 g/mol. The molecule has 2 aliphatic rings. The minimum Gasteiger partial charge on any atom is -0.497 e. The van der Waals surface area contributed by atoms with Crippen LogP contribution in [0.3, 0.4) is 0 Å². The first-order chi connectivity index (χ1) is 15.7. The molecule has 6 heteroatoms. The van der Waals surface area contributed by atoms with Gasteiger partial charge in [-0.3, -0.25) is 0 Å². The van der Waals surface area contributed by atoms with Crippen molar-refractivity contribution in [2.45, 2.75) is 18.0 Å². The topological polar surface area (TPSA) is 62.8 Å². The third kappa shape index (κ3) is 3.67. The highest BCUT2D eigenvalue weighted by Crippen LogP contribution is 2.43. The molecule has 3 aromatic rings. The molecule has 0 saturated carbocycles. The normalized spacial score (nSPS) is 21.4. The average molecular weight is 430 g/mol. The van der Waals surface area contributed by atoms with Crippen LogP contribution in [0.15, 0.2) is 72.8 Å². The Morgan fingerprint density at radius 3 is 2.22 bits per heavy atom. The Morgan fingerprint density at radius 1 is 0.875 bits per heavy atom. The number of hydrogen-bond acceptors (Lipinski definition) is 4. The second kappa shape index (κ2) is 8.55. The number of carbonyl (C=O) groups excluding carboxylic acids is 1. The molecule has 2 N–H and O–H groups in total. The molecule has 2 heterocycles. The minimum atomic E-state index is -0.0454. The summed E-state index contributed by atoms with van der Waals surface area (Å²) in [5.41, 5.74) is 4.34. The van der Waals surface area contributed by atoms with Crippen molar-refractivity contribution < 1.29 is 14.3 Å². The number of urea groups is 1. The summed E-state index contributed by atoms with van der Waals surface area (Å²) in [5.74, 6) is 1.97. The molecule has 2 aliphatic heterocycles. The highest BCUT2D eigenvalue weighted by atomic mass is 16.5. The van der Waals surface area contributed by atoms with Crippen molar-refractivity contribution >= 4 is 11.7 Å². The predicted octanol–water partition coefficient (Wildman–Crippen LogP) is 4.34. The number of ether oxygens (including phenoxy) is 2. The number of rotatable bonds is 5. The number of hydrogen-bond donors (Lipinski definition) is 2. The van der Waals surface area contributed by atoms with Crippen molar-refractivity contribution in [1.29, 1.82) is 0 Å². The van der Waals surface area contributed by atoms with Crippen LogP contribution in [0.2, 0.25) is 0 Å². The molecule has 0 radical (unpaired) electrons. The van der Waals surface area contributed by atoms with Gasteiger partial charge in [-0.15, -0.1) is 0 Å². The largest absolute Gasteiger partial charge is 0.497 e. The van der Waals surface area contributed by atoms with Crippen LogP contribution in [0, 0.1) is 0 Å². The van der Waals surface area contributed by atoms with E-state index in [4.69, 9.17) is 9.47 Å². The first-order valence-electron chi connectivity index (χ1n) is 10.9. The van der Waals surface area contributed by atoms with Crippen LogP contribution in [-0.4, -0.2) is 50.3 Å². The van der Waals surface area contributed by atoms with Crippen LogP contribution >= 0.6 is 0 Å². The number of piperidine rings is 1. The lowest BCUT2D eigenvalue weighted by atomic mass is 9.72. The molecule has 0 spiro atoms. The van der Waals surface area contributed by atoms with Crippen molar-refractivity contribution in [1.82, 2.24) is 10.2 Å². The van der Waals surface area contributed by atoms with Gasteiger partial charge in [-0.2, -0.15) is 0 Å². The number of carbonyl (C=O) groups is 1. The zero-order valence-corrected chi connectivity index (χ0v) is 18.2. The molecule has 6 nitrogen and oxygen atoms in total. The van der Waals surface area contributed by atoms with E-state index in [1.54, 1.807) is 14.2 Å². The van der Waals surface area contributed by atoms with E-state index >= 15 is 0 Å². The number of fused-ring (bicyclic) bond motifs is 2. The molecule has 0 aliphatic carbocycles. The lowest BCUT2D eigenvalue weighted by Crippen LogP contribution is -2.74. The number of nitrogens with one attached hydrogen (secondary N) is 2. The Morgan fingerprint density at radius 2 is 1.56 bits per heavy atom. The average Bonchev–Trinajstić information content (AvgIpc) is 2.85. The van der Waals surface area contributed by atoms with E-state index < -0.39 is 0 Å². The van der Waals surface area contributed by atoms with Gasteiger partial charge in [0.2, 0.25) is 0 Å². The van der Waals surface area contributed by atoms with Gasteiger partial charge in [0.05, 0.1) is 26.3 Å². The van der Waals surface area contributed by atoms with E-state index in [1.807, 2.05) is 47.4 Å². The number of anilines is 1. The number of piperazine rings is 1. The maximum absolute atomic E-state index is 13.0. The van der Waals surface area contributed by atoms with Crippen LogP contribution in [-0.2, 0) is 0 Å². The van der Waals surface area contributed by atoms with Crippen LogP contribution < -0.4 is 20.1 Å². The molecule has 2 bridgehead atoms. The number of benzene rings is 3. The van der Waals surface area contributed by atoms with E-state index in [1.165, 1.54) is 5.56 Å². The van der Waals surface area contributed by atoms with E-state index in [9.17, 15) is 4.79 Å². The van der Waals surface area contributed by atoms with E-state index in [2.05, 4.69) is 41.0 Å². The molecular formula is C26H27N3O3. The number of amides is 2. The first kappa shape index (κ1) is 20.4. The molecule has 0 aromatic heterocycles. The van der Waals surface area contributed by atoms with Crippen LogP contribution in [0.5, 0.6) is 11.5 Å². The minimum absolute atomic E-state index is 0.0454. The van der Waals surface area contributed by atoms with Crippen LogP contribution in [0.1, 0.15) is 11.5 Å². The van der Waals surface area contributed by atoms with Gasteiger partial charge in [0.1, 0.15) is 11.5 Å². The van der Waals surface area contributed by atoms with Gasteiger partial charge >= 0.3 is 6.03 Å². The summed E-state index contributed by atoms with van der Waals surface area (Å²) in [7, 11) is 3.31. The van der Waals surface area contributed by atoms with E-state index in [0.29, 0.717) is 5.92 Å². The number of methoxy groups -OCH3 is 2. The van der Waals surface area contributed by atoms with Crippen LogP contribution in [0.4, 0.5) is 10.5 Å². The van der Waals surface area contributed by atoms with Crippen molar-refractivity contribution in [3.05, 3.63) is 78.4 Å². The second-order valence-corrected chi connectivity index (χ2v) is 8.24. The smallest absolute Gasteiger partial charge is 0.322 e. The second-order valence-electron chi connectivity index (χ2n) is 8.24. The van der Waals surface area contributed by atoms with Gasteiger partial charge in [-0.25, -0.2) is 4.79 Å². The van der Waals surface area contributed by atoms with Gasteiger partial charge in [-0.05, 0) is 53.1 Å². The monoisotopic (exact) mass is 429 g/mol. The Labute approximate surface area is 188 Å². The molecule has 164 valence electrons. The third-order valence-corrected chi connectivity index (χ3v) is 6.53. The Bertz CT molecular complexity index is 1090. The van der Waals surface area contributed by atoms with Crippen molar-refractivity contribution in [3.63, 3.8) is 0 Å². The zero-order chi connectivity index (χ0) is 22.1. The fourth-order valence-electron chi connectivity index (χ4n) is 4.88. The van der Waals surface area contributed by atoms with Crippen LogP contribution in [0.25, 0.3) is 11.1 Å². The van der Waals surface area contributed by atoms with Gasteiger partial charge < -0.3 is 25.0 Å². The Kier molecular flexibility index (Phi) is 5.45. The summed E-state index contributed by atoms with van der Waals surface area (Å²) >= 11 is 0. The highest BCUT2D eigenvalue weighted by Gasteiger charge is 2.53. The van der Waals surface area contributed by atoms with E-state index in [-0.39, 0.29) is 18.1 Å². The summed E-state index contributed by atoms with van der Waals surface area (Å²) in [5, 5.41) is 6.47. The predicted molar refractivity (Wildman–Crippen MR) is 125 cm³/mol. The van der Waals surface area contributed by atoms with E-state index in [0.717, 1.165) is 41.4 Å². The maximum atomic E-state index is 13.0. The van der Waals surface area contributed by atoms with Crippen molar-refractivity contribution in [2.75, 3.05) is 32.6 Å². The SMILES string of the molecule is COc1ccc(NC(=O)N2[C@@H]3CNC[C@H]2C3c2ccc(-c3cccc(OC)c3)cc2)cc1. The highest BCUT2D eigenvalue weighted by molar-refractivity contribution is 5.91. The molecule has 2 saturated heterocycles. The summed E-state index contributed by atoms with van der Waals surface area (Å²) in [4.78, 5) is 15.0. The quantitative estimate of drug-likeness (QED) is 0.633. The lowest BCUT2D eigenvalue weighted by Gasteiger charge is -2.59. The number of nitrogens with zero attached hydrogens (tertiary/aromatic N) is 1. The Hall–Kier alpha value is -3.51. The first-order valence-corrected chi connectivity index (χ1v) is 10.9. The molecule has 5 rings (SSSR count). The fourth-order valence-corrected chi connectivity index (χ4v) is 4.88. The third-order valence-electron chi connectivity index (χ3n) is 6.53. The summed E-state index contributed by atoms with van der Waals surface area (Å²) in [6.07, 6.45) is 0. The molecule has 3 aromatic carbocycles. The van der Waals surface area contributed by atoms with Gasteiger partial charge in [-0.1, -0.05) is 36.4 Å². The zero-order valence-electron chi connectivity index (χ0n) is 18.2. The fraction of sp³-hybridized carbons (Fsp3) is 0.269. The molecule has 32 heavy (non-hydrogen) atoms. The van der Waals surface area contributed by atoms with Gasteiger partial charge in [0, 0.05) is 24.7 Å². The Balaban J connectivity index is 1.29. The molecule has 1 unspecified atom stereocenters. The summed E-state index contributed by atoms with van der Waals surface area (Å²) < 4.78 is 10.5. The summed E-state index contributed by atoms with van der Waals surface area (Å²) in [6, 6.07) is 24.5.